The zero-order valence-corrected chi connectivity index (χ0v) is 53.7. The van der Waals surface area contributed by atoms with E-state index in [-0.39, 0.29) is 31.1 Å². The third-order valence-corrected chi connectivity index (χ3v) is 16.4. The maximum Gasteiger partial charge on any atom is 0.306 e. The van der Waals surface area contributed by atoms with E-state index in [0.717, 1.165) is 64.2 Å². The highest BCUT2D eigenvalue weighted by Gasteiger charge is 2.19. The highest BCUT2D eigenvalue weighted by molar-refractivity contribution is 5.71. The van der Waals surface area contributed by atoms with Crippen LogP contribution in [0.15, 0.2) is 24.3 Å². The van der Waals surface area contributed by atoms with E-state index >= 15 is 0 Å². The highest BCUT2D eigenvalue weighted by atomic mass is 16.6. The number of rotatable bonds is 67. The molecule has 0 N–H and O–H groups in total. The lowest BCUT2D eigenvalue weighted by molar-refractivity contribution is -0.167. The number of esters is 3. The minimum absolute atomic E-state index is 0.0673. The molecule has 0 aliphatic carbocycles. The Bertz CT molecular complexity index is 1270. The van der Waals surface area contributed by atoms with Gasteiger partial charge < -0.3 is 14.2 Å². The van der Waals surface area contributed by atoms with Crippen molar-refractivity contribution >= 4 is 17.9 Å². The van der Waals surface area contributed by atoms with E-state index in [4.69, 9.17) is 14.2 Å². The minimum Gasteiger partial charge on any atom is -0.462 e. The van der Waals surface area contributed by atoms with Crippen molar-refractivity contribution in [2.45, 2.75) is 412 Å². The fourth-order valence-electron chi connectivity index (χ4n) is 11.0. The van der Waals surface area contributed by atoms with E-state index in [9.17, 15) is 14.4 Å². The number of carbonyl (C=O) groups is 3. The van der Waals surface area contributed by atoms with Crippen LogP contribution in [0.4, 0.5) is 0 Å². The predicted octanol–water partition coefficient (Wildman–Crippen LogP) is 24.6. The third kappa shape index (κ3) is 66.6. The van der Waals surface area contributed by atoms with Crippen LogP contribution < -0.4 is 0 Å². The molecule has 0 saturated heterocycles. The summed E-state index contributed by atoms with van der Waals surface area (Å²) in [5.74, 6) is -0.847. The highest BCUT2D eigenvalue weighted by Crippen LogP contribution is 2.19. The number of ether oxygens (including phenoxy) is 3. The van der Waals surface area contributed by atoms with Crippen LogP contribution in [0, 0.1) is 0 Å². The molecule has 0 aliphatic heterocycles. The standard InChI is InChI=1S/C73H138O6/c1-4-7-10-13-16-19-22-25-27-29-30-31-32-33-34-35-36-37-38-39-40-41-42-43-44-45-47-48-51-54-57-60-63-66-72(75)78-69-70(68-77-71(74)65-62-59-56-53-50-24-21-18-15-12-9-6-3)79-73(76)67-64-61-58-55-52-49-46-28-26-23-20-17-14-11-8-5-2/h18,21,29-30,70H,4-17,19-20,22-28,31-69H2,1-3H3/b21-18-,30-29-. The van der Waals surface area contributed by atoms with Gasteiger partial charge in [0.1, 0.15) is 13.2 Å². The van der Waals surface area contributed by atoms with Crippen LogP contribution in [0.5, 0.6) is 0 Å². The van der Waals surface area contributed by atoms with Crippen molar-refractivity contribution in [3.63, 3.8) is 0 Å². The second-order valence-corrected chi connectivity index (χ2v) is 24.5. The first-order chi connectivity index (χ1) is 39.0. The van der Waals surface area contributed by atoms with Crippen LogP contribution in [-0.4, -0.2) is 37.2 Å². The van der Waals surface area contributed by atoms with E-state index in [1.165, 1.54) is 302 Å². The molecular weight excluding hydrogens is 973 g/mol. The van der Waals surface area contributed by atoms with E-state index < -0.39 is 6.10 Å². The second-order valence-electron chi connectivity index (χ2n) is 24.5. The molecule has 79 heavy (non-hydrogen) atoms. The molecule has 0 heterocycles. The van der Waals surface area contributed by atoms with E-state index in [2.05, 4.69) is 45.1 Å². The first-order valence-corrected chi connectivity index (χ1v) is 35.8. The van der Waals surface area contributed by atoms with Crippen LogP contribution in [0.3, 0.4) is 0 Å². The Hall–Kier alpha value is -2.11. The molecular formula is C73H138O6. The Balaban J connectivity index is 4.06. The lowest BCUT2D eigenvalue weighted by atomic mass is 10.0. The summed E-state index contributed by atoms with van der Waals surface area (Å²) in [6.45, 7) is 6.68. The van der Waals surface area contributed by atoms with E-state index in [1.807, 2.05) is 0 Å². The van der Waals surface area contributed by atoms with Gasteiger partial charge in [-0.2, -0.15) is 0 Å². The van der Waals surface area contributed by atoms with Gasteiger partial charge in [0.15, 0.2) is 6.10 Å². The van der Waals surface area contributed by atoms with Gasteiger partial charge >= 0.3 is 17.9 Å². The molecule has 6 nitrogen and oxygen atoms in total. The smallest absolute Gasteiger partial charge is 0.306 e. The summed E-state index contributed by atoms with van der Waals surface area (Å²) in [5, 5.41) is 0. The molecule has 0 aromatic heterocycles. The Labute approximate surface area is 493 Å². The van der Waals surface area contributed by atoms with Gasteiger partial charge in [0.25, 0.3) is 0 Å². The molecule has 0 fully saturated rings. The summed E-state index contributed by atoms with van der Waals surface area (Å²) < 4.78 is 17.0. The van der Waals surface area contributed by atoms with Crippen molar-refractivity contribution in [2.24, 2.45) is 0 Å². The molecule has 6 heteroatoms. The van der Waals surface area contributed by atoms with Crippen LogP contribution in [0.1, 0.15) is 406 Å². The Kier molecular flexibility index (Phi) is 66.6. The van der Waals surface area contributed by atoms with Gasteiger partial charge in [0, 0.05) is 19.3 Å². The molecule has 0 aromatic rings. The monoisotopic (exact) mass is 1110 g/mol. The number of hydrogen-bond acceptors (Lipinski definition) is 6. The van der Waals surface area contributed by atoms with Gasteiger partial charge in [0.2, 0.25) is 0 Å². The number of allylic oxidation sites excluding steroid dienone is 4. The van der Waals surface area contributed by atoms with Gasteiger partial charge in [0.05, 0.1) is 0 Å². The predicted molar refractivity (Wildman–Crippen MR) is 344 cm³/mol. The quantitative estimate of drug-likeness (QED) is 0.0261. The largest absolute Gasteiger partial charge is 0.462 e. The summed E-state index contributed by atoms with van der Waals surface area (Å²) in [6.07, 6.45) is 83.7. The van der Waals surface area contributed by atoms with E-state index in [1.54, 1.807) is 0 Å². The summed E-state index contributed by atoms with van der Waals surface area (Å²) in [5.41, 5.74) is 0. The molecule has 1 atom stereocenters. The fraction of sp³-hybridized carbons (Fsp3) is 0.904. The first kappa shape index (κ1) is 76.9. The Morgan fingerprint density at radius 1 is 0.241 bits per heavy atom. The molecule has 466 valence electrons. The van der Waals surface area contributed by atoms with Crippen molar-refractivity contribution in [3.8, 4) is 0 Å². The van der Waals surface area contributed by atoms with Crippen LogP contribution in [0.25, 0.3) is 0 Å². The molecule has 1 unspecified atom stereocenters. The maximum absolute atomic E-state index is 12.9. The van der Waals surface area contributed by atoms with Crippen molar-refractivity contribution < 1.29 is 28.6 Å². The average Bonchev–Trinajstić information content (AvgIpc) is 3.45. The lowest BCUT2D eigenvalue weighted by Gasteiger charge is -2.18. The average molecular weight is 1110 g/mol. The van der Waals surface area contributed by atoms with Gasteiger partial charge in [-0.15, -0.1) is 0 Å². The molecule has 0 radical (unpaired) electrons. The van der Waals surface area contributed by atoms with Gasteiger partial charge in [-0.3, -0.25) is 14.4 Å². The SMILES string of the molecule is CCCCC/C=C\CCCCCCCC(=O)OCC(COC(=O)CCCCCCCCCCCCCCCCCCCCCCC/C=C\CCCCCCCCCC)OC(=O)CCCCCCCCCCCCCCCCCC. The van der Waals surface area contributed by atoms with Crippen LogP contribution in [0.2, 0.25) is 0 Å². The lowest BCUT2D eigenvalue weighted by Crippen LogP contribution is -2.30. The molecule has 0 bridgehead atoms. The zero-order valence-electron chi connectivity index (χ0n) is 53.7. The van der Waals surface area contributed by atoms with Crippen LogP contribution in [-0.2, 0) is 28.6 Å². The van der Waals surface area contributed by atoms with Crippen molar-refractivity contribution in [3.05, 3.63) is 24.3 Å². The number of hydrogen-bond donors (Lipinski definition) is 0. The zero-order chi connectivity index (χ0) is 57.1. The first-order valence-electron chi connectivity index (χ1n) is 35.8. The summed E-state index contributed by atoms with van der Waals surface area (Å²) in [6, 6.07) is 0. The maximum atomic E-state index is 12.9. The van der Waals surface area contributed by atoms with Crippen molar-refractivity contribution in [2.75, 3.05) is 13.2 Å². The fourth-order valence-corrected chi connectivity index (χ4v) is 11.0. The van der Waals surface area contributed by atoms with Gasteiger partial charge in [-0.25, -0.2) is 0 Å². The summed E-state index contributed by atoms with van der Waals surface area (Å²) in [4.78, 5) is 38.3. The number of carbonyl (C=O) groups excluding carboxylic acids is 3. The van der Waals surface area contributed by atoms with E-state index in [0.29, 0.717) is 19.3 Å². The Morgan fingerprint density at radius 2 is 0.418 bits per heavy atom. The molecule has 0 saturated carbocycles. The van der Waals surface area contributed by atoms with Crippen molar-refractivity contribution in [1.82, 2.24) is 0 Å². The second kappa shape index (κ2) is 68.4. The number of unbranched alkanes of at least 4 members (excludes halogenated alkanes) is 52. The minimum atomic E-state index is -0.770. The molecule has 0 rings (SSSR count). The van der Waals surface area contributed by atoms with Crippen molar-refractivity contribution in [1.29, 1.82) is 0 Å². The third-order valence-electron chi connectivity index (χ3n) is 16.4. The normalized spacial score (nSPS) is 12.1. The molecule has 0 aromatic carbocycles. The molecule has 0 spiro atoms. The van der Waals surface area contributed by atoms with Gasteiger partial charge in [-0.1, -0.05) is 340 Å². The topological polar surface area (TPSA) is 78.9 Å². The Morgan fingerprint density at radius 3 is 0.658 bits per heavy atom. The molecule has 0 amide bonds. The van der Waals surface area contributed by atoms with Crippen LogP contribution >= 0.6 is 0 Å². The van der Waals surface area contributed by atoms with Gasteiger partial charge in [-0.05, 0) is 70.6 Å². The molecule has 0 aliphatic rings. The summed E-state index contributed by atoms with van der Waals surface area (Å²) >= 11 is 0. The summed E-state index contributed by atoms with van der Waals surface area (Å²) in [7, 11) is 0.